The maximum absolute atomic E-state index is 11.1. The molecule has 2 saturated heterocycles. The van der Waals surface area contributed by atoms with E-state index >= 15 is 0 Å². The summed E-state index contributed by atoms with van der Waals surface area (Å²) >= 11 is 1.67. The van der Waals surface area contributed by atoms with Gasteiger partial charge in [-0.1, -0.05) is 0 Å². The van der Waals surface area contributed by atoms with Crippen LogP contribution in [0, 0.1) is 0 Å². The van der Waals surface area contributed by atoms with Crippen molar-refractivity contribution < 1.29 is 14.3 Å². The molecule has 0 aliphatic carbocycles. The van der Waals surface area contributed by atoms with E-state index in [0.717, 1.165) is 18.8 Å². The molecule has 0 bridgehead atoms. The highest BCUT2D eigenvalue weighted by Crippen LogP contribution is 2.24. The molecule has 2 fully saturated rings. The van der Waals surface area contributed by atoms with Gasteiger partial charge >= 0.3 is 6.09 Å². The molecule has 0 aromatic carbocycles. The van der Waals surface area contributed by atoms with Crippen LogP contribution in [0.1, 0.15) is 6.42 Å². The first kappa shape index (κ1) is 8.19. The molecule has 2 aliphatic heterocycles. The molecular formula is C7H11NO3S. The van der Waals surface area contributed by atoms with Crippen molar-refractivity contribution in [3.8, 4) is 0 Å². The molecule has 1 amide bonds. The van der Waals surface area contributed by atoms with Crippen LogP contribution in [0.15, 0.2) is 0 Å². The summed E-state index contributed by atoms with van der Waals surface area (Å²) in [7, 11) is 0. The number of hydrogen-bond acceptors (Lipinski definition) is 4. The van der Waals surface area contributed by atoms with Crippen molar-refractivity contribution >= 4 is 17.9 Å². The van der Waals surface area contributed by atoms with Gasteiger partial charge in [0.15, 0.2) is 5.56 Å². The normalized spacial score (nSPS) is 30.5. The fraction of sp³-hybridized carbons (Fsp3) is 0.857. The van der Waals surface area contributed by atoms with E-state index in [9.17, 15) is 4.79 Å². The molecule has 0 aromatic heterocycles. The fourth-order valence-corrected chi connectivity index (χ4v) is 2.30. The van der Waals surface area contributed by atoms with E-state index in [1.54, 1.807) is 16.7 Å². The van der Waals surface area contributed by atoms with E-state index in [4.69, 9.17) is 9.47 Å². The average molecular weight is 189 g/mol. The zero-order chi connectivity index (χ0) is 8.39. The maximum atomic E-state index is 11.1. The van der Waals surface area contributed by atoms with Crippen molar-refractivity contribution in [2.45, 2.75) is 12.0 Å². The molecule has 0 saturated carbocycles. The second-order valence-corrected chi connectivity index (χ2v) is 3.85. The number of thioether (sulfide) groups is 1. The Morgan fingerprint density at radius 3 is 3.00 bits per heavy atom. The third-order valence-electron chi connectivity index (χ3n) is 1.86. The SMILES string of the molecule is O=C1OCCN1C1OCCCS1. The molecule has 1 atom stereocenters. The number of amides is 1. The van der Waals surface area contributed by atoms with Crippen LogP contribution in [-0.2, 0) is 9.47 Å². The lowest BCUT2D eigenvalue weighted by Crippen LogP contribution is -2.38. The second kappa shape index (κ2) is 3.53. The van der Waals surface area contributed by atoms with Crippen molar-refractivity contribution in [2.75, 3.05) is 25.5 Å². The summed E-state index contributed by atoms with van der Waals surface area (Å²) in [5.74, 6) is 1.06. The van der Waals surface area contributed by atoms with Gasteiger partial charge in [0.2, 0.25) is 0 Å². The summed E-state index contributed by atoms with van der Waals surface area (Å²) in [6, 6.07) is 0. The van der Waals surface area contributed by atoms with Gasteiger partial charge in [0.25, 0.3) is 0 Å². The quantitative estimate of drug-likeness (QED) is 0.613. The first-order valence-electron chi connectivity index (χ1n) is 4.04. The third kappa shape index (κ3) is 1.51. The predicted octanol–water partition coefficient (Wildman–Crippen LogP) is 0.876. The first-order chi connectivity index (χ1) is 5.88. The Kier molecular flexibility index (Phi) is 2.41. The Balaban J connectivity index is 1.93. The molecule has 4 nitrogen and oxygen atoms in total. The van der Waals surface area contributed by atoms with Crippen LogP contribution in [0.2, 0.25) is 0 Å². The van der Waals surface area contributed by atoms with Crippen molar-refractivity contribution in [1.82, 2.24) is 4.90 Å². The molecule has 0 aromatic rings. The van der Waals surface area contributed by atoms with Crippen molar-refractivity contribution in [3.63, 3.8) is 0 Å². The molecule has 68 valence electrons. The Labute approximate surface area is 75.2 Å². The van der Waals surface area contributed by atoms with Gasteiger partial charge in [-0.25, -0.2) is 4.79 Å². The molecule has 0 spiro atoms. The summed E-state index contributed by atoms with van der Waals surface area (Å²) < 4.78 is 10.2. The van der Waals surface area contributed by atoms with Crippen LogP contribution in [-0.4, -0.2) is 42.1 Å². The summed E-state index contributed by atoms with van der Waals surface area (Å²) in [6.45, 7) is 1.91. The molecule has 2 heterocycles. The Morgan fingerprint density at radius 2 is 2.42 bits per heavy atom. The number of carbonyl (C=O) groups is 1. The van der Waals surface area contributed by atoms with Crippen molar-refractivity contribution in [2.24, 2.45) is 0 Å². The maximum Gasteiger partial charge on any atom is 0.412 e. The minimum atomic E-state index is -0.241. The van der Waals surface area contributed by atoms with Gasteiger partial charge in [0, 0.05) is 0 Å². The van der Waals surface area contributed by atoms with Gasteiger partial charge in [0.05, 0.1) is 13.2 Å². The lowest BCUT2D eigenvalue weighted by molar-refractivity contribution is 0.0216. The van der Waals surface area contributed by atoms with Gasteiger partial charge in [-0.2, -0.15) is 0 Å². The lowest BCUT2D eigenvalue weighted by Gasteiger charge is -2.28. The van der Waals surface area contributed by atoms with Crippen LogP contribution in [0.3, 0.4) is 0 Å². The molecule has 2 rings (SSSR count). The van der Waals surface area contributed by atoms with Gasteiger partial charge in [-0.05, 0) is 12.2 Å². The smallest absolute Gasteiger partial charge is 0.412 e. The highest BCUT2D eigenvalue weighted by atomic mass is 32.2. The largest absolute Gasteiger partial charge is 0.447 e. The number of ether oxygens (including phenoxy) is 2. The average Bonchev–Trinajstić information content (AvgIpc) is 2.53. The molecule has 12 heavy (non-hydrogen) atoms. The molecule has 5 heteroatoms. The molecule has 2 aliphatic rings. The van der Waals surface area contributed by atoms with Gasteiger partial charge in [0.1, 0.15) is 6.61 Å². The zero-order valence-electron chi connectivity index (χ0n) is 6.69. The Hall–Kier alpha value is -0.420. The number of nitrogens with zero attached hydrogens (tertiary/aromatic N) is 1. The monoisotopic (exact) mass is 189 g/mol. The number of rotatable bonds is 1. The first-order valence-corrected chi connectivity index (χ1v) is 5.09. The molecule has 0 radical (unpaired) electrons. The van der Waals surface area contributed by atoms with Crippen molar-refractivity contribution in [3.05, 3.63) is 0 Å². The summed E-state index contributed by atoms with van der Waals surface area (Å²) in [5.41, 5.74) is -0.103. The van der Waals surface area contributed by atoms with E-state index in [2.05, 4.69) is 0 Å². The van der Waals surface area contributed by atoms with E-state index in [1.807, 2.05) is 0 Å². The number of hydrogen-bond donors (Lipinski definition) is 0. The van der Waals surface area contributed by atoms with E-state index in [1.165, 1.54) is 0 Å². The van der Waals surface area contributed by atoms with Gasteiger partial charge in [-0.3, -0.25) is 4.90 Å². The molecule has 1 unspecified atom stereocenters. The molecular weight excluding hydrogens is 178 g/mol. The van der Waals surface area contributed by atoms with Crippen LogP contribution in [0.4, 0.5) is 4.79 Å². The Morgan fingerprint density at radius 1 is 1.50 bits per heavy atom. The zero-order valence-corrected chi connectivity index (χ0v) is 7.51. The fourth-order valence-electron chi connectivity index (χ4n) is 1.25. The van der Waals surface area contributed by atoms with Crippen molar-refractivity contribution in [1.29, 1.82) is 0 Å². The molecule has 0 N–H and O–H groups in total. The van der Waals surface area contributed by atoms with Crippen LogP contribution >= 0.6 is 11.8 Å². The number of carbonyl (C=O) groups excluding carboxylic acids is 1. The lowest BCUT2D eigenvalue weighted by atomic mass is 10.5. The Bertz CT molecular complexity index is 181. The van der Waals surface area contributed by atoms with Crippen LogP contribution in [0.5, 0.6) is 0 Å². The van der Waals surface area contributed by atoms with E-state index in [0.29, 0.717) is 13.2 Å². The van der Waals surface area contributed by atoms with E-state index in [-0.39, 0.29) is 11.7 Å². The predicted molar refractivity (Wildman–Crippen MR) is 44.9 cm³/mol. The highest BCUT2D eigenvalue weighted by molar-refractivity contribution is 7.99. The van der Waals surface area contributed by atoms with E-state index < -0.39 is 0 Å². The summed E-state index contributed by atoms with van der Waals surface area (Å²) in [4.78, 5) is 12.7. The number of cyclic esters (lactones) is 1. The third-order valence-corrected chi connectivity index (χ3v) is 3.06. The topological polar surface area (TPSA) is 38.8 Å². The van der Waals surface area contributed by atoms with Gasteiger partial charge < -0.3 is 9.47 Å². The van der Waals surface area contributed by atoms with Crippen LogP contribution in [0.25, 0.3) is 0 Å². The highest BCUT2D eigenvalue weighted by Gasteiger charge is 2.31. The van der Waals surface area contributed by atoms with Gasteiger partial charge in [-0.15, -0.1) is 11.8 Å². The standard InChI is InChI=1S/C7H11NO3S/c9-6-8(2-4-10-6)7-11-3-1-5-12-7/h7H,1-5H2. The minimum Gasteiger partial charge on any atom is -0.447 e. The minimum absolute atomic E-state index is 0.103. The second-order valence-electron chi connectivity index (χ2n) is 2.71. The summed E-state index contributed by atoms with van der Waals surface area (Å²) in [6.07, 6.45) is 0.832. The summed E-state index contributed by atoms with van der Waals surface area (Å²) in [5, 5.41) is 0. The van der Waals surface area contributed by atoms with Crippen LogP contribution < -0.4 is 0 Å².